The number of carbonyl (C=O) groups is 1. The molecule has 6 nitrogen and oxygen atoms in total. The second-order valence-electron chi connectivity index (χ2n) is 8.60. The standard InChI is InChI=1S/C25H26ClN3O3S2/c1-14(28-29-24(33)27-17-10-11-18(20(26)12-17)23(31)32-5)19-13-34-22(21(19)30)15-6-8-16(9-7-15)25(2,3)4/h6-13,30H,1-5H3,(H2,27,29,33). The lowest BCUT2D eigenvalue weighted by molar-refractivity contribution is 0.0601. The SMILES string of the molecule is COC(=O)c1ccc(NC(=S)NN=C(C)c2csc(-c3ccc(C(C)(C)C)cc3)c2O)cc1Cl. The van der Waals surface area contributed by atoms with Crippen molar-refractivity contribution in [3.63, 3.8) is 0 Å². The van der Waals surface area contributed by atoms with Gasteiger partial charge in [-0.15, -0.1) is 11.3 Å². The molecule has 0 unspecified atom stereocenters. The number of hydrazone groups is 1. The van der Waals surface area contributed by atoms with Crippen molar-refractivity contribution in [3.8, 4) is 16.2 Å². The van der Waals surface area contributed by atoms with Crippen LogP contribution in [0.4, 0.5) is 5.69 Å². The van der Waals surface area contributed by atoms with E-state index in [4.69, 9.17) is 23.8 Å². The Kier molecular flexibility index (Phi) is 7.97. The maximum atomic E-state index is 11.7. The third-order valence-corrected chi connectivity index (χ3v) is 6.65. The Labute approximate surface area is 213 Å². The number of thiocarbonyl (C=S) groups is 1. The number of rotatable bonds is 5. The molecular weight excluding hydrogens is 490 g/mol. The van der Waals surface area contributed by atoms with Crippen LogP contribution < -0.4 is 10.7 Å². The van der Waals surface area contributed by atoms with Gasteiger partial charge in [-0.2, -0.15) is 5.10 Å². The lowest BCUT2D eigenvalue weighted by atomic mass is 9.86. The van der Waals surface area contributed by atoms with Crippen LogP contribution in [0.1, 0.15) is 49.2 Å². The number of hydrogen-bond acceptors (Lipinski definition) is 6. The van der Waals surface area contributed by atoms with Gasteiger partial charge in [-0.05, 0) is 53.9 Å². The molecular formula is C25H26ClN3O3S2. The van der Waals surface area contributed by atoms with Gasteiger partial charge in [-0.25, -0.2) is 4.79 Å². The van der Waals surface area contributed by atoms with Crippen LogP contribution in [0.2, 0.25) is 5.02 Å². The van der Waals surface area contributed by atoms with Gasteiger partial charge >= 0.3 is 5.97 Å². The van der Waals surface area contributed by atoms with Gasteiger partial charge in [0.2, 0.25) is 0 Å². The molecule has 0 atom stereocenters. The summed E-state index contributed by atoms with van der Waals surface area (Å²) in [7, 11) is 1.29. The highest BCUT2D eigenvalue weighted by Gasteiger charge is 2.17. The van der Waals surface area contributed by atoms with Crippen LogP contribution in [0.3, 0.4) is 0 Å². The maximum Gasteiger partial charge on any atom is 0.339 e. The molecule has 0 aliphatic rings. The predicted octanol–water partition coefficient (Wildman–Crippen LogP) is 6.57. The Bertz CT molecular complexity index is 1250. The van der Waals surface area contributed by atoms with Crippen molar-refractivity contribution in [3.05, 3.63) is 69.6 Å². The highest BCUT2D eigenvalue weighted by Crippen LogP contribution is 2.39. The fourth-order valence-electron chi connectivity index (χ4n) is 3.16. The summed E-state index contributed by atoms with van der Waals surface area (Å²) >= 11 is 12.9. The van der Waals surface area contributed by atoms with Gasteiger partial charge in [0.05, 0.1) is 33.8 Å². The summed E-state index contributed by atoms with van der Waals surface area (Å²) in [5.41, 5.74) is 7.07. The summed E-state index contributed by atoms with van der Waals surface area (Å²) < 4.78 is 4.68. The molecule has 3 rings (SSSR count). The first kappa shape index (κ1) is 25.7. The molecule has 2 aromatic carbocycles. The molecule has 0 aliphatic heterocycles. The summed E-state index contributed by atoms with van der Waals surface area (Å²) in [6.07, 6.45) is 0. The van der Waals surface area contributed by atoms with E-state index in [1.54, 1.807) is 25.1 Å². The summed E-state index contributed by atoms with van der Waals surface area (Å²) in [6.45, 7) is 8.29. The van der Waals surface area contributed by atoms with E-state index in [-0.39, 0.29) is 26.9 Å². The molecule has 1 heterocycles. The lowest BCUT2D eigenvalue weighted by Crippen LogP contribution is -2.25. The number of ether oxygens (including phenoxy) is 1. The molecule has 9 heteroatoms. The number of esters is 1. The van der Waals surface area contributed by atoms with Crippen LogP contribution in [0, 0.1) is 0 Å². The van der Waals surface area contributed by atoms with Crippen molar-refractivity contribution < 1.29 is 14.6 Å². The lowest BCUT2D eigenvalue weighted by Gasteiger charge is -2.19. The highest BCUT2D eigenvalue weighted by molar-refractivity contribution is 7.80. The number of nitrogens with zero attached hydrogens (tertiary/aromatic N) is 1. The Balaban J connectivity index is 1.69. The maximum absolute atomic E-state index is 11.7. The van der Waals surface area contributed by atoms with E-state index in [9.17, 15) is 9.90 Å². The van der Waals surface area contributed by atoms with Gasteiger partial charge in [0.25, 0.3) is 0 Å². The van der Waals surface area contributed by atoms with Crippen molar-refractivity contribution in [1.29, 1.82) is 0 Å². The van der Waals surface area contributed by atoms with Gasteiger partial charge in [0.1, 0.15) is 5.75 Å². The average molecular weight is 516 g/mol. The minimum absolute atomic E-state index is 0.0667. The number of methoxy groups -OCH3 is 1. The molecule has 178 valence electrons. The number of carbonyl (C=O) groups excluding carboxylic acids is 1. The zero-order valence-corrected chi connectivity index (χ0v) is 21.9. The van der Waals surface area contributed by atoms with Crippen LogP contribution in [0.5, 0.6) is 5.75 Å². The molecule has 0 saturated heterocycles. The minimum Gasteiger partial charge on any atom is -0.506 e. The molecule has 0 aliphatic carbocycles. The quantitative estimate of drug-likeness (QED) is 0.154. The summed E-state index contributed by atoms with van der Waals surface area (Å²) in [5.74, 6) is -0.335. The monoisotopic (exact) mass is 515 g/mol. The third-order valence-electron chi connectivity index (χ3n) is 5.13. The Morgan fingerprint density at radius 1 is 1.15 bits per heavy atom. The second kappa shape index (κ2) is 10.5. The van der Waals surface area contributed by atoms with E-state index < -0.39 is 5.97 Å². The number of halogens is 1. The molecule has 0 fully saturated rings. The number of aromatic hydroxyl groups is 1. The van der Waals surface area contributed by atoms with E-state index in [0.717, 1.165) is 10.4 Å². The van der Waals surface area contributed by atoms with E-state index in [1.807, 2.05) is 17.5 Å². The number of nitrogens with one attached hydrogen (secondary N) is 2. The molecule has 3 N–H and O–H groups in total. The summed E-state index contributed by atoms with van der Waals surface area (Å²) in [4.78, 5) is 12.4. The zero-order valence-electron chi connectivity index (χ0n) is 19.5. The van der Waals surface area contributed by atoms with Gasteiger partial charge < -0.3 is 15.2 Å². The Morgan fingerprint density at radius 3 is 2.41 bits per heavy atom. The highest BCUT2D eigenvalue weighted by atomic mass is 35.5. The third kappa shape index (κ3) is 5.94. The normalized spacial score (nSPS) is 11.8. The van der Waals surface area contributed by atoms with E-state index in [1.165, 1.54) is 24.0 Å². The van der Waals surface area contributed by atoms with Crippen LogP contribution in [0.15, 0.2) is 52.9 Å². The minimum atomic E-state index is -0.516. The van der Waals surface area contributed by atoms with Gasteiger partial charge in [0.15, 0.2) is 5.11 Å². The fraction of sp³-hybridized carbons (Fsp3) is 0.240. The molecule has 0 radical (unpaired) electrons. The first-order valence-electron chi connectivity index (χ1n) is 10.4. The van der Waals surface area contributed by atoms with Crippen molar-refractivity contribution in [1.82, 2.24) is 5.43 Å². The molecule has 34 heavy (non-hydrogen) atoms. The van der Waals surface area contributed by atoms with E-state index >= 15 is 0 Å². The average Bonchev–Trinajstić information content (AvgIpc) is 3.18. The van der Waals surface area contributed by atoms with Crippen molar-refractivity contribution in [2.45, 2.75) is 33.1 Å². The summed E-state index contributed by atoms with van der Waals surface area (Å²) in [6, 6.07) is 13.0. The first-order chi connectivity index (χ1) is 16.0. The number of thiophene rings is 1. The molecule has 1 aromatic heterocycles. The van der Waals surface area contributed by atoms with Gasteiger partial charge in [-0.1, -0.05) is 56.6 Å². The molecule has 0 amide bonds. The Hall–Kier alpha value is -2.94. The smallest absolute Gasteiger partial charge is 0.339 e. The first-order valence-corrected chi connectivity index (χ1v) is 12.1. The molecule has 3 aromatic rings. The fourth-order valence-corrected chi connectivity index (χ4v) is 4.59. The van der Waals surface area contributed by atoms with Gasteiger partial charge in [-0.3, -0.25) is 5.43 Å². The molecule has 0 saturated carbocycles. The number of hydrogen-bond donors (Lipinski definition) is 3. The van der Waals surface area contributed by atoms with Gasteiger partial charge in [0, 0.05) is 11.1 Å². The van der Waals surface area contributed by atoms with Crippen molar-refractivity contribution >= 4 is 57.6 Å². The van der Waals surface area contributed by atoms with Crippen molar-refractivity contribution in [2.24, 2.45) is 5.10 Å². The Morgan fingerprint density at radius 2 is 1.82 bits per heavy atom. The zero-order chi connectivity index (χ0) is 25.0. The van der Waals surface area contributed by atoms with Crippen LogP contribution in [-0.2, 0) is 10.2 Å². The topological polar surface area (TPSA) is 83.0 Å². The van der Waals surface area contributed by atoms with Crippen LogP contribution >= 0.6 is 35.2 Å². The van der Waals surface area contributed by atoms with Crippen LogP contribution in [-0.4, -0.2) is 29.0 Å². The number of benzene rings is 2. The largest absolute Gasteiger partial charge is 0.506 e. The second-order valence-corrected chi connectivity index (χ2v) is 10.3. The van der Waals surface area contributed by atoms with Crippen LogP contribution in [0.25, 0.3) is 10.4 Å². The predicted molar refractivity (Wildman–Crippen MR) is 144 cm³/mol. The molecule has 0 bridgehead atoms. The van der Waals surface area contributed by atoms with E-state index in [0.29, 0.717) is 17.0 Å². The molecule has 0 spiro atoms. The number of anilines is 1. The summed E-state index contributed by atoms with van der Waals surface area (Å²) in [5, 5.41) is 20.4. The van der Waals surface area contributed by atoms with Crippen molar-refractivity contribution in [2.75, 3.05) is 12.4 Å². The van der Waals surface area contributed by atoms with E-state index in [2.05, 4.69) is 53.5 Å².